The van der Waals surface area contributed by atoms with Crippen LogP contribution in [0.5, 0.6) is 0 Å². The molecule has 0 aliphatic heterocycles. The van der Waals surface area contributed by atoms with E-state index in [1.165, 1.54) is 16.7 Å². The van der Waals surface area contributed by atoms with Gasteiger partial charge in [0.1, 0.15) is 4.90 Å². The van der Waals surface area contributed by atoms with Gasteiger partial charge in [0.05, 0.1) is 11.9 Å². The van der Waals surface area contributed by atoms with E-state index in [0.717, 1.165) is 3.57 Å². The predicted octanol–water partition coefficient (Wildman–Crippen LogP) is 2.62. The first-order valence-corrected chi connectivity index (χ1v) is 8.24. The number of sulfonamides is 1. The molecule has 0 spiro atoms. The fourth-order valence-electron chi connectivity index (χ4n) is 1.81. The van der Waals surface area contributed by atoms with E-state index >= 15 is 0 Å². The molecule has 0 bridgehead atoms. The molecule has 0 amide bonds. The van der Waals surface area contributed by atoms with E-state index in [-0.39, 0.29) is 10.9 Å². The van der Waals surface area contributed by atoms with Gasteiger partial charge in [-0.15, -0.1) is 0 Å². The number of aromatic nitrogens is 2. The van der Waals surface area contributed by atoms with E-state index in [0.29, 0.717) is 5.69 Å². The molecule has 0 unspecified atom stereocenters. The van der Waals surface area contributed by atoms with Gasteiger partial charge in [-0.3, -0.25) is 9.40 Å². The first-order valence-electron chi connectivity index (χ1n) is 5.72. The lowest BCUT2D eigenvalue weighted by Crippen LogP contribution is -2.37. The van der Waals surface area contributed by atoms with Crippen molar-refractivity contribution in [2.45, 2.75) is 24.8 Å². The molecule has 5 nitrogen and oxygen atoms in total. The Hall–Kier alpha value is -1.09. The molecular weight excluding hydrogens is 377 g/mol. The van der Waals surface area contributed by atoms with Crippen LogP contribution < -0.4 is 4.31 Å². The van der Waals surface area contributed by atoms with Crippen molar-refractivity contribution in [2.24, 2.45) is 0 Å². The minimum Gasteiger partial charge on any atom is -0.284 e. The highest BCUT2D eigenvalue weighted by molar-refractivity contribution is 14.1. The predicted molar refractivity (Wildman–Crippen MR) is 82.5 cm³/mol. The number of hydrogen-bond donors (Lipinski definition) is 1. The van der Waals surface area contributed by atoms with Gasteiger partial charge >= 0.3 is 0 Å². The fraction of sp³-hybridized carbons (Fsp3) is 0.250. The Bertz CT molecular complexity index is 653. The lowest BCUT2D eigenvalue weighted by molar-refractivity contribution is 0.584. The molecule has 19 heavy (non-hydrogen) atoms. The number of benzene rings is 1. The molecule has 0 saturated carbocycles. The second-order valence-corrected chi connectivity index (χ2v) is 7.26. The molecule has 0 saturated heterocycles. The maximum absolute atomic E-state index is 12.7. The van der Waals surface area contributed by atoms with Gasteiger partial charge in [0.25, 0.3) is 10.0 Å². The number of H-pyrrole nitrogens is 1. The summed E-state index contributed by atoms with van der Waals surface area (Å²) in [6, 6.07) is 7.22. The molecule has 2 rings (SSSR count). The second-order valence-electron chi connectivity index (χ2n) is 4.28. The summed E-state index contributed by atoms with van der Waals surface area (Å²) in [5.74, 6) is 0. The van der Waals surface area contributed by atoms with Gasteiger partial charge in [-0.05, 0) is 48.6 Å². The number of hydrogen-bond acceptors (Lipinski definition) is 3. The van der Waals surface area contributed by atoms with Crippen molar-refractivity contribution in [3.63, 3.8) is 0 Å². The molecule has 2 aromatic rings. The van der Waals surface area contributed by atoms with Gasteiger partial charge < -0.3 is 0 Å². The molecule has 7 heteroatoms. The number of nitrogens with zero attached hydrogens (tertiary/aromatic N) is 2. The van der Waals surface area contributed by atoms with Crippen molar-refractivity contribution in [1.29, 1.82) is 0 Å². The summed E-state index contributed by atoms with van der Waals surface area (Å²) in [5, 5.41) is 6.25. The SMILES string of the molecule is CC(C)N(c1ccccc1I)S(=O)(=O)c1cn[nH]c1. The van der Waals surface area contributed by atoms with Crippen LogP contribution in [0.3, 0.4) is 0 Å². The summed E-state index contributed by atoms with van der Waals surface area (Å²) in [6.07, 6.45) is 2.71. The number of aromatic amines is 1. The van der Waals surface area contributed by atoms with E-state index in [2.05, 4.69) is 32.8 Å². The summed E-state index contributed by atoms with van der Waals surface area (Å²) < 4.78 is 27.6. The number of para-hydroxylation sites is 1. The standard InChI is InChI=1S/C12H14IN3O2S/c1-9(2)16(12-6-4-3-5-11(12)13)19(17,18)10-7-14-15-8-10/h3-9H,1-2H3,(H,14,15). The van der Waals surface area contributed by atoms with Crippen molar-refractivity contribution in [1.82, 2.24) is 10.2 Å². The Morgan fingerprint density at radius 3 is 2.53 bits per heavy atom. The summed E-state index contributed by atoms with van der Waals surface area (Å²) in [5.41, 5.74) is 0.680. The van der Waals surface area contributed by atoms with Crippen LogP contribution in [0.2, 0.25) is 0 Å². The first kappa shape index (κ1) is 14.3. The Balaban J connectivity index is 2.57. The Morgan fingerprint density at radius 1 is 1.32 bits per heavy atom. The van der Waals surface area contributed by atoms with Crippen molar-refractivity contribution in [3.05, 3.63) is 40.2 Å². The monoisotopic (exact) mass is 391 g/mol. The highest BCUT2D eigenvalue weighted by Gasteiger charge is 2.29. The average Bonchev–Trinajstić information content (AvgIpc) is 2.85. The van der Waals surface area contributed by atoms with Crippen LogP contribution in [0.25, 0.3) is 0 Å². The van der Waals surface area contributed by atoms with Gasteiger partial charge in [0, 0.05) is 15.8 Å². The molecule has 1 aromatic carbocycles. The van der Waals surface area contributed by atoms with Gasteiger partial charge in [-0.2, -0.15) is 5.10 Å². The molecule has 0 aliphatic carbocycles. The summed E-state index contributed by atoms with van der Waals surface area (Å²) in [4.78, 5) is 0.167. The normalized spacial score (nSPS) is 11.8. The van der Waals surface area contributed by atoms with Gasteiger partial charge in [-0.1, -0.05) is 12.1 Å². The zero-order valence-electron chi connectivity index (χ0n) is 10.5. The van der Waals surface area contributed by atoms with Crippen molar-refractivity contribution >= 4 is 38.3 Å². The molecule has 0 aliphatic rings. The molecule has 1 heterocycles. The van der Waals surface area contributed by atoms with E-state index < -0.39 is 10.0 Å². The molecule has 0 radical (unpaired) electrons. The van der Waals surface area contributed by atoms with Gasteiger partial charge in [0.2, 0.25) is 0 Å². The zero-order chi connectivity index (χ0) is 14.0. The van der Waals surface area contributed by atoms with Crippen LogP contribution in [-0.4, -0.2) is 24.7 Å². The quantitative estimate of drug-likeness (QED) is 0.815. The maximum atomic E-state index is 12.7. The molecular formula is C12H14IN3O2S. The summed E-state index contributed by atoms with van der Waals surface area (Å²) in [7, 11) is -3.60. The van der Waals surface area contributed by atoms with Gasteiger partial charge in [0.15, 0.2) is 0 Å². The summed E-state index contributed by atoms with van der Waals surface area (Å²) >= 11 is 2.14. The third-order valence-electron chi connectivity index (χ3n) is 2.59. The van der Waals surface area contributed by atoms with Crippen LogP contribution in [0, 0.1) is 3.57 Å². The van der Waals surface area contributed by atoms with E-state index in [1.54, 1.807) is 6.07 Å². The highest BCUT2D eigenvalue weighted by Crippen LogP contribution is 2.29. The average molecular weight is 391 g/mol. The van der Waals surface area contributed by atoms with Crippen LogP contribution in [0.4, 0.5) is 5.69 Å². The second kappa shape index (κ2) is 5.49. The van der Waals surface area contributed by atoms with E-state index in [1.807, 2.05) is 32.0 Å². The number of anilines is 1. The van der Waals surface area contributed by atoms with Crippen LogP contribution in [-0.2, 0) is 10.0 Å². The van der Waals surface area contributed by atoms with Crippen LogP contribution in [0.1, 0.15) is 13.8 Å². The number of halogens is 1. The minimum atomic E-state index is -3.60. The van der Waals surface area contributed by atoms with Crippen molar-refractivity contribution in [2.75, 3.05) is 4.31 Å². The molecule has 102 valence electrons. The summed E-state index contributed by atoms with van der Waals surface area (Å²) in [6.45, 7) is 3.70. The number of rotatable bonds is 4. The molecule has 0 fully saturated rings. The lowest BCUT2D eigenvalue weighted by atomic mass is 10.3. The van der Waals surface area contributed by atoms with E-state index in [4.69, 9.17) is 0 Å². The van der Waals surface area contributed by atoms with Crippen molar-refractivity contribution < 1.29 is 8.42 Å². The van der Waals surface area contributed by atoms with Crippen LogP contribution in [0.15, 0.2) is 41.6 Å². The van der Waals surface area contributed by atoms with Gasteiger partial charge in [-0.25, -0.2) is 8.42 Å². The molecule has 1 N–H and O–H groups in total. The lowest BCUT2D eigenvalue weighted by Gasteiger charge is -2.28. The topological polar surface area (TPSA) is 66.1 Å². The Labute approximate surface area is 126 Å². The first-order chi connectivity index (χ1) is 8.94. The highest BCUT2D eigenvalue weighted by atomic mass is 127. The smallest absolute Gasteiger partial charge is 0.267 e. The van der Waals surface area contributed by atoms with Crippen molar-refractivity contribution in [3.8, 4) is 0 Å². The largest absolute Gasteiger partial charge is 0.284 e. The minimum absolute atomic E-state index is 0.167. The molecule has 0 atom stereocenters. The fourth-order valence-corrected chi connectivity index (χ4v) is 4.21. The van der Waals surface area contributed by atoms with E-state index in [9.17, 15) is 8.42 Å². The Kier molecular flexibility index (Phi) is 4.14. The number of nitrogens with one attached hydrogen (secondary N) is 1. The van der Waals surface area contributed by atoms with Crippen LogP contribution >= 0.6 is 22.6 Å². The maximum Gasteiger partial charge on any atom is 0.267 e. The zero-order valence-corrected chi connectivity index (χ0v) is 13.5. The third kappa shape index (κ3) is 2.76. The third-order valence-corrected chi connectivity index (χ3v) is 5.46. The Morgan fingerprint density at radius 2 is 2.00 bits per heavy atom. The molecule has 1 aromatic heterocycles.